The molecule has 3 fully saturated rings. The van der Waals surface area contributed by atoms with Crippen LogP contribution in [0.1, 0.15) is 56.6 Å². The molecule has 45 heavy (non-hydrogen) atoms. The molecule has 2 heterocycles. The van der Waals surface area contributed by atoms with Gasteiger partial charge >= 0.3 is 0 Å². The number of carbonyl (C=O) groups excluding carboxylic acids is 1. The number of ketones is 1. The number of carbonyl (C=O) groups is 1. The van der Waals surface area contributed by atoms with Gasteiger partial charge in [0.1, 0.15) is 5.78 Å². The average Bonchev–Trinajstić information content (AvgIpc) is 3.38. The maximum absolute atomic E-state index is 13.3. The first kappa shape index (κ1) is 30.6. The molecule has 0 spiro atoms. The van der Waals surface area contributed by atoms with E-state index in [9.17, 15) is 17.8 Å². The Morgan fingerprint density at radius 2 is 1.40 bits per heavy atom. The number of piperidine rings is 1. The molecule has 0 amide bonds. The minimum Gasteiger partial charge on any atom is -0.493 e. The molecule has 3 aromatic rings. The lowest BCUT2D eigenvalue weighted by atomic mass is 9.63. The summed E-state index contributed by atoms with van der Waals surface area (Å²) in [6.45, 7) is 3.88. The Balaban J connectivity index is 1.27. The molecule has 1 N–H and O–H groups in total. The molecule has 2 aliphatic heterocycles. The maximum Gasteiger partial charge on any atom is 0.265 e. The summed E-state index contributed by atoms with van der Waals surface area (Å²) in [5.74, 6) is 2.87. The van der Waals surface area contributed by atoms with E-state index >= 15 is 0 Å². The van der Waals surface area contributed by atoms with Crippen LogP contribution in [0.25, 0.3) is 21.5 Å². The van der Waals surface area contributed by atoms with E-state index < -0.39 is 26.7 Å². The third-order valence-corrected chi connectivity index (χ3v) is 13.0. The van der Waals surface area contributed by atoms with Gasteiger partial charge in [0.15, 0.2) is 23.0 Å². The van der Waals surface area contributed by atoms with Crippen LogP contribution in [0.4, 0.5) is 0 Å². The van der Waals surface area contributed by atoms with E-state index in [4.69, 9.17) is 18.9 Å². The zero-order valence-electron chi connectivity index (χ0n) is 26.8. The third kappa shape index (κ3) is 4.61. The van der Waals surface area contributed by atoms with Crippen LogP contribution < -0.4 is 18.9 Å². The standard InChI is InChI=1S/C35H43NO8S/c1-34(21-6-8-35(34,33(37)11-21)19-45(38,39)40)17-20-7-9-36-18-28-23(12-22(36)10-20)24-13-29(41-2)30(42-3)14-25(24)26-15-31(43-4)32(44-5)16-27(26)28/h13-16,20-22H,6-12,17-19H2,1-5H3,(H,38,39,40). The van der Waals surface area contributed by atoms with E-state index in [1.165, 1.54) is 11.1 Å². The van der Waals surface area contributed by atoms with Gasteiger partial charge in [-0.2, -0.15) is 8.42 Å². The second-order valence-corrected chi connectivity index (χ2v) is 15.4. The SMILES string of the molecule is COc1cc2c3c(c4cc(OC)c(OC)cc4c2cc1OC)CN1CCC(CC2(C)C4CCC2(CS(=O)(=O)O)C(=O)C4)CC1C3. The molecule has 5 atom stereocenters. The Labute approximate surface area is 264 Å². The van der Waals surface area contributed by atoms with Gasteiger partial charge in [0.2, 0.25) is 0 Å². The molecule has 7 rings (SSSR count). The van der Waals surface area contributed by atoms with Gasteiger partial charge in [0.05, 0.1) is 39.6 Å². The van der Waals surface area contributed by atoms with E-state index in [0.717, 1.165) is 66.7 Å². The summed E-state index contributed by atoms with van der Waals surface area (Å²) in [6.07, 6.45) is 5.51. The number of benzene rings is 3. The van der Waals surface area contributed by atoms with Gasteiger partial charge in [-0.1, -0.05) is 6.92 Å². The number of methoxy groups -OCH3 is 4. The third-order valence-electron chi connectivity index (χ3n) is 12.1. The lowest BCUT2D eigenvalue weighted by Crippen LogP contribution is -2.49. The highest BCUT2D eigenvalue weighted by Gasteiger charge is 2.67. The Kier molecular flexibility index (Phi) is 7.30. The van der Waals surface area contributed by atoms with Gasteiger partial charge < -0.3 is 18.9 Å². The summed E-state index contributed by atoms with van der Waals surface area (Å²) < 4.78 is 57.0. The predicted octanol–water partition coefficient (Wildman–Crippen LogP) is 5.82. The second-order valence-electron chi connectivity index (χ2n) is 14.0. The van der Waals surface area contributed by atoms with Crippen molar-refractivity contribution < 1.29 is 36.7 Å². The van der Waals surface area contributed by atoms with Crippen molar-refractivity contribution in [2.75, 3.05) is 40.7 Å². The number of ether oxygens (including phenoxy) is 4. The normalized spacial score (nSPS) is 29.6. The van der Waals surface area contributed by atoms with E-state index in [0.29, 0.717) is 47.8 Å². The molecule has 2 saturated carbocycles. The molecular formula is C35H43NO8S. The van der Waals surface area contributed by atoms with Crippen molar-refractivity contribution in [1.82, 2.24) is 4.90 Å². The van der Waals surface area contributed by atoms with Crippen molar-refractivity contribution >= 4 is 37.4 Å². The summed E-state index contributed by atoms with van der Waals surface area (Å²) in [6, 6.07) is 8.63. The van der Waals surface area contributed by atoms with Crippen LogP contribution in [0.5, 0.6) is 23.0 Å². The second kappa shape index (κ2) is 10.7. The van der Waals surface area contributed by atoms with Crippen molar-refractivity contribution in [2.24, 2.45) is 22.7 Å². The van der Waals surface area contributed by atoms with E-state index in [1.54, 1.807) is 28.4 Å². The first-order valence-electron chi connectivity index (χ1n) is 15.9. The number of nitrogens with zero attached hydrogens (tertiary/aromatic N) is 1. The number of hydrogen-bond acceptors (Lipinski definition) is 8. The maximum atomic E-state index is 13.3. The van der Waals surface area contributed by atoms with Crippen LogP contribution in [0.3, 0.4) is 0 Å². The molecule has 9 nitrogen and oxygen atoms in total. The number of hydrogen-bond donors (Lipinski definition) is 1. The molecule has 4 aliphatic rings. The summed E-state index contributed by atoms with van der Waals surface area (Å²) in [4.78, 5) is 15.8. The zero-order chi connectivity index (χ0) is 31.9. The Bertz CT molecular complexity index is 1820. The highest BCUT2D eigenvalue weighted by Crippen LogP contribution is 2.67. The van der Waals surface area contributed by atoms with Gasteiger partial charge in [-0.15, -0.1) is 0 Å². The van der Waals surface area contributed by atoms with Gasteiger partial charge in [-0.25, -0.2) is 0 Å². The highest BCUT2D eigenvalue weighted by molar-refractivity contribution is 7.85. The Hall–Kier alpha value is -3.08. The molecule has 0 radical (unpaired) electrons. The van der Waals surface area contributed by atoms with Gasteiger partial charge in [-0.3, -0.25) is 14.2 Å². The van der Waals surface area contributed by atoms with Crippen LogP contribution in [-0.2, 0) is 27.9 Å². The first-order chi connectivity index (χ1) is 21.4. The van der Waals surface area contributed by atoms with Gasteiger partial charge in [0, 0.05) is 19.0 Å². The fourth-order valence-electron chi connectivity index (χ4n) is 9.88. The molecule has 5 unspecified atom stereocenters. The van der Waals surface area contributed by atoms with E-state index in [1.807, 2.05) is 0 Å². The Morgan fingerprint density at radius 1 is 0.844 bits per heavy atom. The van der Waals surface area contributed by atoms with Crippen LogP contribution in [0, 0.1) is 22.7 Å². The van der Waals surface area contributed by atoms with Crippen molar-refractivity contribution in [3.05, 3.63) is 35.4 Å². The summed E-state index contributed by atoms with van der Waals surface area (Å²) in [5.41, 5.74) is 1.21. The largest absolute Gasteiger partial charge is 0.493 e. The summed E-state index contributed by atoms with van der Waals surface area (Å²) >= 11 is 0. The molecule has 3 aromatic carbocycles. The lowest BCUT2D eigenvalue weighted by molar-refractivity contribution is -0.128. The predicted molar refractivity (Wildman–Crippen MR) is 172 cm³/mol. The van der Waals surface area contributed by atoms with Crippen molar-refractivity contribution in [1.29, 1.82) is 0 Å². The zero-order valence-corrected chi connectivity index (χ0v) is 27.6. The monoisotopic (exact) mass is 637 g/mol. The molecule has 1 saturated heterocycles. The fraction of sp³-hybridized carbons (Fsp3) is 0.571. The van der Waals surface area contributed by atoms with Crippen LogP contribution >= 0.6 is 0 Å². The van der Waals surface area contributed by atoms with Gasteiger partial charge in [-0.05, 0) is 119 Å². The quantitative estimate of drug-likeness (QED) is 0.241. The number of Topliss-reactive ketones (excluding diaryl/α,β-unsaturated/α-hetero) is 1. The fourth-order valence-corrected chi connectivity index (χ4v) is 11.1. The molecule has 10 heteroatoms. The number of rotatable bonds is 8. The molecule has 2 bridgehead atoms. The number of fused-ring (bicyclic) bond motifs is 9. The minimum absolute atomic E-state index is 0.0256. The molecule has 242 valence electrons. The first-order valence-corrected chi connectivity index (χ1v) is 17.5. The van der Waals surface area contributed by atoms with Crippen molar-refractivity contribution in [2.45, 2.75) is 64.5 Å². The highest BCUT2D eigenvalue weighted by atomic mass is 32.2. The van der Waals surface area contributed by atoms with E-state index in [2.05, 4.69) is 36.1 Å². The molecule has 2 aliphatic carbocycles. The van der Waals surface area contributed by atoms with E-state index in [-0.39, 0.29) is 11.7 Å². The smallest absolute Gasteiger partial charge is 0.265 e. The van der Waals surface area contributed by atoms with Gasteiger partial charge in [0.25, 0.3) is 10.1 Å². The Morgan fingerprint density at radius 3 is 1.93 bits per heavy atom. The molecule has 0 aromatic heterocycles. The minimum atomic E-state index is -4.27. The summed E-state index contributed by atoms with van der Waals surface area (Å²) in [7, 11) is 2.36. The average molecular weight is 638 g/mol. The van der Waals surface area contributed by atoms with Crippen LogP contribution in [0.15, 0.2) is 24.3 Å². The topological polar surface area (TPSA) is 112 Å². The summed E-state index contributed by atoms with van der Waals surface area (Å²) in [5, 5.41) is 4.43. The van der Waals surface area contributed by atoms with Crippen LogP contribution in [0.2, 0.25) is 0 Å². The van der Waals surface area contributed by atoms with Crippen molar-refractivity contribution in [3.8, 4) is 23.0 Å². The van der Waals surface area contributed by atoms with Crippen LogP contribution in [-0.4, -0.2) is 70.4 Å². The lowest BCUT2D eigenvalue weighted by Gasteiger charge is -2.47. The van der Waals surface area contributed by atoms with Crippen molar-refractivity contribution in [3.63, 3.8) is 0 Å². The molecular weight excluding hydrogens is 594 g/mol.